The molecular formula is C20H22ClN3O3S. The average Bonchev–Trinajstić information content (AvgIpc) is 3.10. The molecule has 6 nitrogen and oxygen atoms in total. The molecule has 0 aliphatic heterocycles. The van der Waals surface area contributed by atoms with Gasteiger partial charge in [0.25, 0.3) is 0 Å². The second-order valence-corrected chi connectivity index (χ2v) is 10.0. The van der Waals surface area contributed by atoms with Gasteiger partial charge in [-0.2, -0.15) is 4.31 Å². The van der Waals surface area contributed by atoms with Crippen LogP contribution in [-0.2, 0) is 22.0 Å². The van der Waals surface area contributed by atoms with E-state index in [9.17, 15) is 8.42 Å². The summed E-state index contributed by atoms with van der Waals surface area (Å²) in [6, 6.07) is 13.9. The number of hydrogen-bond donors (Lipinski definition) is 0. The van der Waals surface area contributed by atoms with Crippen LogP contribution in [0.5, 0.6) is 0 Å². The number of benzene rings is 2. The molecule has 1 aromatic heterocycles. The quantitative estimate of drug-likeness (QED) is 0.608. The molecule has 0 bridgehead atoms. The van der Waals surface area contributed by atoms with Crippen molar-refractivity contribution in [1.82, 2.24) is 14.5 Å². The van der Waals surface area contributed by atoms with Crippen LogP contribution in [0.4, 0.5) is 0 Å². The first-order valence-corrected chi connectivity index (χ1v) is 10.5. The van der Waals surface area contributed by atoms with E-state index in [1.807, 2.05) is 24.3 Å². The zero-order valence-electron chi connectivity index (χ0n) is 16.2. The van der Waals surface area contributed by atoms with Gasteiger partial charge in [-0.15, -0.1) is 10.2 Å². The van der Waals surface area contributed by atoms with Gasteiger partial charge in [-0.05, 0) is 47.4 Å². The second kappa shape index (κ2) is 7.66. The van der Waals surface area contributed by atoms with Gasteiger partial charge in [0.15, 0.2) is 0 Å². The van der Waals surface area contributed by atoms with E-state index in [0.29, 0.717) is 10.9 Å². The molecule has 0 saturated heterocycles. The van der Waals surface area contributed by atoms with Gasteiger partial charge in [-0.1, -0.05) is 44.5 Å². The van der Waals surface area contributed by atoms with Crippen LogP contribution in [0.1, 0.15) is 32.2 Å². The Morgan fingerprint density at radius 2 is 1.61 bits per heavy atom. The van der Waals surface area contributed by atoms with E-state index < -0.39 is 10.0 Å². The molecule has 1 heterocycles. The molecule has 0 radical (unpaired) electrons. The van der Waals surface area contributed by atoms with Crippen LogP contribution < -0.4 is 0 Å². The minimum absolute atomic E-state index is 0.0297. The Morgan fingerprint density at radius 3 is 2.18 bits per heavy atom. The molecule has 0 aliphatic carbocycles. The number of rotatable bonds is 5. The first-order valence-electron chi connectivity index (χ1n) is 8.72. The van der Waals surface area contributed by atoms with Crippen LogP contribution in [0.25, 0.3) is 11.5 Å². The predicted molar refractivity (Wildman–Crippen MR) is 109 cm³/mol. The molecule has 0 aliphatic rings. The van der Waals surface area contributed by atoms with E-state index in [1.54, 1.807) is 0 Å². The van der Waals surface area contributed by atoms with Crippen molar-refractivity contribution >= 4 is 21.6 Å². The zero-order valence-corrected chi connectivity index (χ0v) is 17.8. The van der Waals surface area contributed by atoms with E-state index in [0.717, 1.165) is 9.87 Å². The summed E-state index contributed by atoms with van der Waals surface area (Å²) in [6.07, 6.45) is 0. The fourth-order valence-corrected chi connectivity index (χ4v) is 3.86. The van der Waals surface area contributed by atoms with Gasteiger partial charge < -0.3 is 4.42 Å². The van der Waals surface area contributed by atoms with Crippen molar-refractivity contribution in [1.29, 1.82) is 0 Å². The summed E-state index contributed by atoms with van der Waals surface area (Å²) in [5.74, 6) is 0.572. The molecule has 0 atom stereocenters. The largest absolute Gasteiger partial charge is 0.419 e. The number of halogens is 1. The van der Waals surface area contributed by atoms with Crippen LogP contribution in [0.2, 0.25) is 5.02 Å². The molecule has 0 saturated carbocycles. The van der Waals surface area contributed by atoms with Crippen molar-refractivity contribution < 1.29 is 12.8 Å². The summed E-state index contributed by atoms with van der Waals surface area (Å²) in [6.45, 7) is 6.40. The third kappa shape index (κ3) is 4.43. The Bertz CT molecular complexity index is 1050. The lowest BCUT2D eigenvalue weighted by atomic mass is 9.87. The van der Waals surface area contributed by atoms with Crippen LogP contribution >= 0.6 is 11.6 Å². The monoisotopic (exact) mass is 419 g/mol. The van der Waals surface area contributed by atoms with Crippen molar-refractivity contribution in [3.8, 4) is 11.5 Å². The third-order valence-electron chi connectivity index (χ3n) is 4.34. The molecule has 3 aromatic rings. The van der Waals surface area contributed by atoms with Gasteiger partial charge in [0.2, 0.25) is 21.8 Å². The van der Waals surface area contributed by atoms with E-state index >= 15 is 0 Å². The molecule has 0 spiro atoms. The molecule has 148 valence electrons. The van der Waals surface area contributed by atoms with Gasteiger partial charge in [0.1, 0.15) is 0 Å². The van der Waals surface area contributed by atoms with Crippen LogP contribution in [0, 0.1) is 0 Å². The summed E-state index contributed by atoms with van der Waals surface area (Å²) >= 11 is 5.82. The molecule has 0 fully saturated rings. The van der Waals surface area contributed by atoms with Crippen molar-refractivity contribution in [2.45, 2.75) is 37.6 Å². The predicted octanol–water partition coefficient (Wildman–Crippen LogP) is 4.51. The Labute approximate surface area is 170 Å². The standard InChI is InChI=1S/C20H22ClN3O3S/c1-20(2,3)15-7-5-14(6-8-15)19-23-22-18(27-19)13-24(4)28(25,26)17-11-9-16(21)10-12-17/h5-12H,13H2,1-4H3. The lowest BCUT2D eigenvalue weighted by molar-refractivity contribution is 0.400. The normalized spacial score (nSPS) is 12.5. The van der Waals surface area contributed by atoms with Crippen LogP contribution in [0.15, 0.2) is 57.8 Å². The van der Waals surface area contributed by atoms with Gasteiger partial charge in [0, 0.05) is 17.6 Å². The molecule has 8 heteroatoms. The Kier molecular flexibility index (Phi) is 5.61. The van der Waals surface area contributed by atoms with Crippen LogP contribution in [-0.4, -0.2) is 30.0 Å². The van der Waals surface area contributed by atoms with Crippen molar-refractivity contribution in [2.24, 2.45) is 0 Å². The summed E-state index contributed by atoms with van der Waals surface area (Å²) in [7, 11) is -2.22. The molecule has 2 aromatic carbocycles. The maximum absolute atomic E-state index is 12.6. The molecule has 0 unspecified atom stereocenters. The van der Waals surface area contributed by atoms with Crippen molar-refractivity contribution in [3.05, 3.63) is 65.0 Å². The third-order valence-corrected chi connectivity index (χ3v) is 6.41. The number of aromatic nitrogens is 2. The fraction of sp³-hybridized carbons (Fsp3) is 0.300. The minimum atomic E-state index is -3.68. The molecular weight excluding hydrogens is 398 g/mol. The number of sulfonamides is 1. The van der Waals surface area contributed by atoms with Crippen molar-refractivity contribution in [2.75, 3.05) is 7.05 Å². The minimum Gasteiger partial charge on any atom is -0.419 e. The topological polar surface area (TPSA) is 76.3 Å². The maximum Gasteiger partial charge on any atom is 0.247 e. The smallest absolute Gasteiger partial charge is 0.247 e. The van der Waals surface area contributed by atoms with Gasteiger partial charge in [0.05, 0.1) is 11.4 Å². The highest BCUT2D eigenvalue weighted by Crippen LogP contribution is 2.26. The van der Waals surface area contributed by atoms with Crippen molar-refractivity contribution in [3.63, 3.8) is 0 Å². The Hall–Kier alpha value is -2.22. The molecule has 0 N–H and O–H groups in total. The van der Waals surface area contributed by atoms with E-state index in [-0.39, 0.29) is 22.7 Å². The molecule has 28 heavy (non-hydrogen) atoms. The SMILES string of the molecule is CN(Cc1nnc(-c2ccc(C(C)(C)C)cc2)o1)S(=O)(=O)c1ccc(Cl)cc1. The molecule has 3 rings (SSSR count). The lowest BCUT2D eigenvalue weighted by Gasteiger charge is -2.18. The zero-order chi connectivity index (χ0) is 20.5. The summed E-state index contributed by atoms with van der Waals surface area (Å²) in [4.78, 5) is 0.150. The van der Waals surface area contributed by atoms with E-state index in [4.69, 9.17) is 16.0 Å². The average molecular weight is 420 g/mol. The Balaban J connectivity index is 1.76. The van der Waals surface area contributed by atoms with Gasteiger partial charge in [-0.3, -0.25) is 0 Å². The van der Waals surface area contributed by atoms with Gasteiger partial charge in [-0.25, -0.2) is 8.42 Å². The number of nitrogens with zero attached hydrogens (tertiary/aromatic N) is 3. The van der Waals surface area contributed by atoms with E-state index in [2.05, 4.69) is 31.0 Å². The number of hydrogen-bond acceptors (Lipinski definition) is 5. The lowest BCUT2D eigenvalue weighted by Crippen LogP contribution is -2.26. The highest BCUT2D eigenvalue weighted by Gasteiger charge is 2.23. The summed E-state index contributed by atoms with van der Waals surface area (Å²) < 4.78 is 32.1. The first kappa shape index (κ1) is 20.5. The summed E-state index contributed by atoms with van der Waals surface area (Å²) in [5, 5.41) is 8.50. The van der Waals surface area contributed by atoms with Gasteiger partial charge >= 0.3 is 0 Å². The molecule has 0 amide bonds. The van der Waals surface area contributed by atoms with Crippen LogP contribution in [0.3, 0.4) is 0 Å². The first-order chi connectivity index (χ1) is 13.1. The fourth-order valence-electron chi connectivity index (χ4n) is 2.61. The van der Waals surface area contributed by atoms with E-state index in [1.165, 1.54) is 36.9 Å². The highest BCUT2D eigenvalue weighted by atomic mass is 35.5. The Morgan fingerprint density at radius 1 is 1.00 bits per heavy atom. The maximum atomic E-state index is 12.6. The highest BCUT2D eigenvalue weighted by molar-refractivity contribution is 7.89. The summed E-state index contributed by atoms with van der Waals surface area (Å²) in [5.41, 5.74) is 2.04. The second-order valence-electron chi connectivity index (χ2n) is 7.54.